The molecule has 2 amide bonds. The Morgan fingerprint density at radius 3 is 2.25 bits per heavy atom. The second-order valence-corrected chi connectivity index (χ2v) is 8.85. The van der Waals surface area contributed by atoms with E-state index in [2.05, 4.69) is 5.32 Å². The number of hydrogen-bond acceptors (Lipinski definition) is 6. The van der Waals surface area contributed by atoms with Gasteiger partial charge in [-0.3, -0.25) is 14.3 Å². The number of benzene rings is 2. The number of hydrogen-bond donors (Lipinski definition) is 4. The number of nitrogens with two attached hydrogens (primary N) is 1. The van der Waals surface area contributed by atoms with E-state index in [1.54, 1.807) is 35.1 Å². The van der Waals surface area contributed by atoms with Crippen molar-refractivity contribution in [3.8, 4) is 0 Å². The van der Waals surface area contributed by atoms with Gasteiger partial charge in [-0.05, 0) is 29.7 Å². The third kappa shape index (κ3) is 7.32. The molecule has 8 nitrogen and oxygen atoms in total. The minimum absolute atomic E-state index is 0.0964. The van der Waals surface area contributed by atoms with Crippen LogP contribution >= 0.6 is 0 Å². The molecule has 0 spiro atoms. The number of nitrogens with one attached hydrogen (secondary N) is 2. The Morgan fingerprint density at radius 1 is 1.06 bits per heavy atom. The Kier molecular flexibility index (Phi) is 7.99. The largest absolute Gasteiger partial charge is 0.416 e. The molecule has 0 aliphatic carbocycles. The molecule has 0 aliphatic heterocycles. The van der Waals surface area contributed by atoms with E-state index >= 15 is 0 Å². The van der Waals surface area contributed by atoms with Gasteiger partial charge in [0.1, 0.15) is 12.1 Å². The molecule has 0 heterocycles. The monoisotopic (exact) mass is 473 g/mol. The van der Waals surface area contributed by atoms with Gasteiger partial charge in [0.15, 0.2) is 0 Å². The molecule has 2 rings (SSSR count). The highest BCUT2D eigenvalue weighted by Gasteiger charge is 2.34. The predicted octanol–water partition coefficient (Wildman–Crippen LogP) is 0.869. The van der Waals surface area contributed by atoms with Crippen molar-refractivity contribution in [2.24, 2.45) is 5.73 Å². The van der Waals surface area contributed by atoms with Crippen molar-refractivity contribution >= 4 is 21.8 Å². The van der Waals surface area contributed by atoms with Gasteiger partial charge in [-0.1, -0.05) is 42.5 Å². The molecule has 12 heteroatoms. The van der Waals surface area contributed by atoms with Crippen LogP contribution in [0.15, 0.2) is 54.6 Å². The Labute approximate surface area is 182 Å². The number of alkyl halides is 3. The van der Waals surface area contributed by atoms with Gasteiger partial charge in [0.25, 0.3) is 11.8 Å². The Morgan fingerprint density at radius 2 is 1.69 bits per heavy atom. The topological polar surface area (TPSA) is 139 Å². The molecule has 0 radical (unpaired) electrons. The summed E-state index contributed by atoms with van der Waals surface area (Å²) in [5, 5.41) is 12.4. The van der Waals surface area contributed by atoms with Crippen molar-refractivity contribution in [3.05, 3.63) is 71.3 Å². The van der Waals surface area contributed by atoms with E-state index in [-0.39, 0.29) is 12.0 Å². The molecule has 3 atom stereocenters. The van der Waals surface area contributed by atoms with Crippen molar-refractivity contribution in [3.63, 3.8) is 0 Å². The van der Waals surface area contributed by atoms with Gasteiger partial charge in [0.2, 0.25) is 10.0 Å². The van der Waals surface area contributed by atoms with Crippen LogP contribution in [0.25, 0.3) is 0 Å². The first-order valence-corrected chi connectivity index (χ1v) is 11.1. The van der Waals surface area contributed by atoms with Crippen molar-refractivity contribution in [1.29, 1.82) is 0 Å². The Bertz CT molecular complexity index is 1060. The fraction of sp³-hybridized carbons (Fsp3) is 0.300. The molecule has 32 heavy (non-hydrogen) atoms. The highest BCUT2D eigenvalue weighted by molar-refractivity contribution is 7.89. The third-order valence-electron chi connectivity index (χ3n) is 4.37. The number of carbonyl (C=O) groups excluding carboxylic acids is 2. The molecule has 1 unspecified atom stereocenters. The highest BCUT2D eigenvalue weighted by Crippen LogP contribution is 2.31. The summed E-state index contributed by atoms with van der Waals surface area (Å²) in [5.41, 5.74) is 5.14. The summed E-state index contributed by atoms with van der Waals surface area (Å²) in [6.07, 6.45) is -5.80. The van der Waals surface area contributed by atoms with E-state index in [0.29, 0.717) is 12.3 Å². The molecule has 0 bridgehead atoms. The fourth-order valence-electron chi connectivity index (χ4n) is 2.86. The first kappa shape index (κ1) is 25.3. The van der Waals surface area contributed by atoms with Crippen molar-refractivity contribution in [2.75, 3.05) is 6.26 Å². The lowest BCUT2D eigenvalue weighted by molar-refractivity contribution is -0.137. The lowest BCUT2D eigenvalue weighted by Crippen LogP contribution is -2.51. The summed E-state index contributed by atoms with van der Waals surface area (Å²) in [7, 11) is -4.09. The fourth-order valence-corrected chi connectivity index (χ4v) is 3.34. The van der Waals surface area contributed by atoms with E-state index in [1.165, 1.54) is 0 Å². The van der Waals surface area contributed by atoms with Gasteiger partial charge in [-0.15, -0.1) is 0 Å². The minimum atomic E-state index is -4.74. The second kappa shape index (κ2) is 10.1. The summed E-state index contributed by atoms with van der Waals surface area (Å²) in [6.45, 7) is 0. The van der Waals surface area contributed by atoms with Crippen molar-refractivity contribution in [2.45, 2.75) is 30.8 Å². The number of sulfonamides is 1. The molecular formula is C20H22F3N3O5S. The molecule has 2 aromatic rings. The SMILES string of the molecule is CS(=O)(=O)NC(=O)C(NC(=O)[C@@H](O)[C@H](N)Cc1ccccc1)c1cccc(C(F)(F)F)c1. The van der Waals surface area contributed by atoms with Gasteiger partial charge in [0.05, 0.1) is 11.8 Å². The molecule has 2 aromatic carbocycles. The summed E-state index contributed by atoms with van der Waals surface area (Å²) >= 11 is 0. The van der Waals surface area contributed by atoms with Crippen LogP contribution < -0.4 is 15.8 Å². The standard InChI is InChI=1S/C20H22F3N3O5S/c1-32(30,31)26-18(28)16(13-8-5-9-14(11-13)20(21,22)23)25-19(29)17(27)15(24)10-12-6-3-2-4-7-12/h2-9,11,15-17,27H,10,24H2,1H3,(H,25,29)(H,26,28)/t15-,16?,17+/m1/s1. The van der Waals surface area contributed by atoms with Crippen LogP contribution in [0.1, 0.15) is 22.7 Å². The van der Waals surface area contributed by atoms with Gasteiger partial charge < -0.3 is 16.2 Å². The van der Waals surface area contributed by atoms with Gasteiger partial charge >= 0.3 is 6.18 Å². The molecule has 0 saturated carbocycles. The normalized spacial score (nSPS) is 14.8. The van der Waals surface area contributed by atoms with Crippen LogP contribution in [-0.2, 0) is 32.2 Å². The highest BCUT2D eigenvalue weighted by atomic mass is 32.2. The molecule has 174 valence electrons. The van der Waals surface area contributed by atoms with Crippen LogP contribution in [0.2, 0.25) is 0 Å². The smallest absolute Gasteiger partial charge is 0.382 e. The molecule has 0 aliphatic rings. The van der Waals surface area contributed by atoms with E-state index in [9.17, 15) is 36.3 Å². The summed E-state index contributed by atoms with van der Waals surface area (Å²) in [4.78, 5) is 25.0. The molecular weight excluding hydrogens is 451 g/mol. The van der Waals surface area contributed by atoms with Crippen LogP contribution in [0, 0.1) is 0 Å². The Balaban J connectivity index is 2.28. The lowest BCUT2D eigenvalue weighted by atomic mass is 10.00. The molecule has 0 aromatic heterocycles. The molecule has 0 fully saturated rings. The number of halogens is 3. The quantitative estimate of drug-likeness (QED) is 0.449. The average molecular weight is 473 g/mol. The van der Waals surface area contributed by atoms with Crippen LogP contribution in [0.5, 0.6) is 0 Å². The zero-order chi connectivity index (χ0) is 24.1. The molecule has 5 N–H and O–H groups in total. The third-order valence-corrected chi connectivity index (χ3v) is 4.94. The van der Waals surface area contributed by atoms with E-state index in [1.807, 2.05) is 0 Å². The zero-order valence-electron chi connectivity index (χ0n) is 16.8. The molecule has 0 saturated heterocycles. The van der Waals surface area contributed by atoms with Crippen LogP contribution in [0.3, 0.4) is 0 Å². The van der Waals surface area contributed by atoms with E-state index in [4.69, 9.17) is 5.73 Å². The number of amides is 2. The number of carbonyl (C=O) groups is 2. The van der Waals surface area contributed by atoms with Crippen molar-refractivity contribution < 1.29 is 36.3 Å². The van der Waals surface area contributed by atoms with Gasteiger partial charge in [-0.2, -0.15) is 13.2 Å². The maximum Gasteiger partial charge on any atom is 0.416 e. The first-order chi connectivity index (χ1) is 14.8. The summed E-state index contributed by atoms with van der Waals surface area (Å²) < 4.78 is 63.7. The number of rotatable bonds is 8. The lowest BCUT2D eigenvalue weighted by Gasteiger charge is -2.23. The van der Waals surface area contributed by atoms with Crippen LogP contribution in [0.4, 0.5) is 13.2 Å². The van der Waals surface area contributed by atoms with Crippen LogP contribution in [-0.4, -0.2) is 43.7 Å². The second-order valence-electron chi connectivity index (χ2n) is 7.10. The number of aliphatic hydroxyl groups is 1. The van der Waals surface area contributed by atoms with Gasteiger partial charge in [0, 0.05) is 6.04 Å². The first-order valence-electron chi connectivity index (χ1n) is 9.24. The summed E-state index contributed by atoms with van der Waals surface area (Å²) in [5.74, 6) is -2.46. The maximum absolute atomic E-state index is 13.1. The zero-order valence-corrected chi connectivity index (χ0v) is 17.7. The van der Waals surface area contributed by atoms with Crippen molar-refractivity contribution in [1.82, 2.24) is 10.0 Å². The summed E-state index contributed by atoms with van der Waals surface area (Å²) in [6, 6.07) is 9.19. The van der Waals surface area contributed by atoms with E-state index < -0.39 is 51.8 Å². The predicted molar refractivity (Wildman–Crippen MR) is 109 cm³/mol. The number of aliphatic hydroxyl groups excluding tert-OH is 1. The van der Waals surface area contributed by atoms with E-state index in [0.717, 1.165) is 23.8 Å². The maximum atomic E-state index is 13.1. The minimum Gasteiger partial charge on any atom is -0.382 e. The average Bonchev–Trinajstić information content (AvgIpc) is 2.70. The Hall–Kier alpha value is -2.96. The van der Waals surface area contributed by atoms with Gasteiger partial charge in [-0.25, -0.2) is 8.42 Å².